The summed E-state index contributed by atoms with van der Waals surface area (Å²) in [5.41, 5.74) is 2.92. The van der Waals surface area contributed by atoms with E-state index in [1.807, 2.05) is 0 Å². The van der Waals surface area contributed by atoms with Crippen molar-refractivity contribution in [1.82, 2.24) is 5.32 Å². The van der Waals surface area contributed by atoms with Crippen molar-refractivity contribution in [2.75, 3.05) is 24.5 Å². The normalized spacial score (nSPS) is 28.7. The summed E-state index contributed by atoms with van der Waals surface area (Å²) >= 11 is 0. The van der Waals surface area contributed by atoms with Crippen molar-refractivity contribution in [2.24, 2.45) is 0 Å². The van der Waals surface area contributed by atoms with Crippen LogP contribution in [-0.2, 0) is 11.2 Å². The van der Waals surface area contributed by atoms with E-state index in [-0.39, 0.29) is 0 Å². The van der Waals surface area contributed by atoms with Crippen LogP contribution in [0.1, 0.15) is 38.7 Å². The van der Waals surface area contributed by atoms with Crippen molar-refractivity contribution in [3.8, 4) is 0 Å². The van der Waals surface area contributed by atoms with Gasteiger partial charge in [-0.05, 0) is 50.8 Å². The van der Waals surface area contributed by atoms with Crippen LogP contribution in [-0.4, -0.2) is 37.9 Å². The van der Waals surface area contributed by atoms with E-state index in [1.54, 1.807) is 0 Å². The van der Waals surface area contributed by atoms with Gasteiger partial charge < -0.3 is 15.0 Å². The predicted octanol–water partition coefficient (Wildman–Crippen LogP) is 2.98. The van der Waals surface area contributed by atoms with Crippen LogP contribution in [0.15, 0.2) is 24.3 Å². The number of fused-ring (bicyclic) bond motifs is 1. The molecular weight excluding hydrogens is 260 g/mol. The molecule has 0 radical (unpaired) electrons. The van der Waals surface area contributed by atoms with Gasteiger partial charge in [0, 0.05) is 24.8 Å². The number of benzene rings is 1. The molecule has 3 heteroatoms. The summed E-state index contributed by atoms with van der Waals surface area (Å²) in [6, 6.07) is 9.49. The first kappa shape index (κ1) is 14.9. The average molecular weight is 288 g/mol. The lowest BCUT2D eigenvalue weighted by molar-refractivity contribution is 0.0486. The summed E-state index contributed by atoms with van der Waals surface area (Å²) in [5.74, 6) is 0. The Labute approximate surface area is 128 Å². The van der Waals surface area contributed by atoms with Gasteiger partial charge in [0.2, 0.25) is 0 Å². The summed E-state index contributed by atoms with van der Waals surface area (Å²) in [7, 11) is 0. The van der Waals surface area contributed by atoms with Crippen molar-refractivity contribution in [2.45, 2.75) is 57.8 Å². The lowest BCUT2D eigenvalue weighted by Crippen LogP contribution is -2.42. The lowest BCUT2D eigenvalue weighted by Gasteiger charge is -2.38. The number of aryl methyl sites for hydroxylation is 1. The molecule has 0 aliphatic carbocycles. The molecule has 0 amide bonds. The van der Waals surface area contributed by atoms with Crippen LogP contribution in [0.5, 0.6) is 0 Å². The summed E-state index contributed by atoms with van der Waals surface area (Å²) in [5, 5.41) is 3.40. The Morgan fingerprint density at radius 2 is 2.00 bits per heavy atom. The largest absolute Gasteiger partial charge is 0.372 e. The molecule has 0 spiro atoms. The standard InChI is InChI=1S/C18H28N2O/c1-3-19-12-16-10-11-17(21-16)13-20-14(2)8-9-15-6-4-5-7-18(15)20/h4-7,14,16-17,19H,3,8-13H2,1-2H3. The fourth-order valence-electron chi connectivity index (χ4n) is 3.63. The minimum absolute atomic E-state index is 0.391. The third-order valence-electron chi connectivity index (χ3n) is 4.88. The van der Waals surface area contributed by atoms with Gasteiger partial charge in [-0.15, -0.1) is 0 Å². The van der Waals surface area contributed by atoms with Crippen LogP contribution in [0.4, 0.5) is 5.69 Å². The van der Waals surface area contributed by atoms with Gasteiger partial charge in [-0.3, -0.25) is 0 Å². The fourth-order valence-corrected chi connectivity index (χ4v) is 3.63. The van der Waals surface area contributed by atoms with Gasteiger partial charge in [0.15, 0.2) is 0 Å². The van der Waals surface area contributed by atoms with Gasteiger partial charge in [0.25, 0.3) is 0 Å². The van der Waals surface area contributed by atoms with Gasteiger partial charge in [0.1, 0.15) is 0 Å². The molecule has 0 saturated carbocycles. The van der Waals surface area contributed by atoms with Crippen LogP contribution < -0.4 is 10.2 Å². The van der Waals surface area contributed by atoms with Crippen LogP contribution in [0.2, 0.25) is 0 Å². The number of nitrogens with one attached hydrogen (secondary N) is 1. The Morgan fingerprint density at radius 1 is 1.19 bits per heavy atom. The molecule has 1 N–H and O–H groups in total. The minimum atomic E-state index is 0.391. The van der Waals surface area contributed by atoms with Crippen molar-refractivity contribution in [1.29, 1.82) is 0 Å². The topological polar surface area (TPSA) is 24.5 Å². The number of anilines is 1. The van der Waals surface area contributed by atoms with E-state index in [4.69, 9.17) is 4.74 Å². The molecular formula is C18H28N2O. The molecule has 3 rings (SSSR count). The average Bonchev–Trinajstić information content (AvgIpc) is 2.96. The zero-order valence-corrected chi connectivity index (χ0v) is 13.3. The molecule has 0 aromatic heterocycles. The summed E-state index contributed by atoms with van der Waals surface area (Å²) < 4.78 is 6.23. The Kier molecular flexibility index (Phi) is 4.81. The van der Waals surface area contributed by atoms with Gasteiger partial charge in [-0.2, -0.15) is 0 Å². The van der Waals surface area contributed by atoms with Crippen molar-refractivity contribution >= 4 is 5.69 Å². The van der Waals surface area contributed by atoms with E-state index < -0.39 is 0 Å². The first-order valence-corrected chi connectivity index (χ1v) is 8.48. The molecule has 1 fully saturated rings. The molecule has 1 saturated heterocycles. The SMILES string of the molecule is CCNCC1CCC(CN2c3ccccc3CCC2C)O1. The van der Waals surface area contributed by atoms with Crippen LogP contribution >= 0.6 is 0 Å². The van der Waals surface area contributed by atoms with Gasteiger partial charge >= 0.3 is 0 Å². The summed E-state index contributed by atoms with van der Waals surface area (Å²) in [6.07, 6.45) is 5.66. The number of hydrogen-bond acceptors (Lipinski definition) is 3. The molecule has 2 aliphatic rings. The third kappa shape index (κ3) is 3.41. The monoisotopic (exact) mass is 288 g/mol. The van der Waals surface area contributed by atoms with E-state index >= 15 is 0 Å². The molecule has 1 aromatic rings. The van der Waals surface area contributed by atoms with Crippen molar-refractivity contribution in [3.05, 3.63) is 29.8 Å². The number of hydrogen-bond donors (Lipinski definition) is 1. The zero-order valence-electron chi connectivity index (χ0n) is 13.3. The highest BCUT2D eigenvalue weighted by molar-refractivity contribution is 5.56. The zero-order chi connectivity index (χ0) is 14.7. The smallest absolute Gasteiger partial charge is 0.0755 e. The molecule has 3 nitrogen and oxygen atoms in total. The Balaban J connectivity index is 1.62. The van der Waals surface area contributed by atoms with Gasteiger partial charge in [-0.1, -0.05) is 25.1 Å². The van der Waals surface area contributed by atoms with E-state index in [9.17, 15) is 0 Å². The predicted molar refractivity (Wildman–Crippen MR) is 88.0 cm³/mol. The maximum absolute atomic E-state index is 6.23. The Hall–Kier alpha value is -1.06. The van der Waals surface area contributed by atoms with Crippen molar-refractivity contribution < 1.29 is 4.74 Å². The first-order valence-electron chi connectivity index (χ1n) is 8.48. The third-order valence-corrected chi connectivity index (χ3v) is 4.88. The van der Waals surface area contributed by atoms with Crippen molar-refractivity contribution in [3.63, 3.8) is 0 Å². The first-order chi connectivity index (χ1) is 10.3. The summed E-state index contributed by atoms with van der Waals surface area (Å²) in [4.78, 5) is 2.57. The molecule has 1 aromatic carbocycles. The number of nitrogens with zero attached hydrogens (tertiary/aromatic N) is 1. The van der Waals surface area contributed by atoms with E-state index in [2.05, 4.69) is 48.3 Å². The molecule has 3 unspecified atom stereocenters. The number of para-hydroxylation sites is 1. The molecule has 0 bridgehead atoms. The van der Waals surface area contributed by atoms with E-state index in [0.29, 0.717) is 18.2 Å². The Morgan fingerprint density at radius 3 is 2.86 bits per heavy atom. The maximum atomic E-state index is 6.23. The van der Waals surface area contributed by atoms with Crippen LogP contribution in [0.25, 0.3) is 0 Å². The summed E-state index contributed by atoms with van der Waals surface area (Å²) in [6.45, 7) is 7.57. The van der Waals surface area contributed by atoms with E-state index in [0.717, 1.165) is 19.6 Å². The number of rotatable bonds is 5. The minimum Gasteiger partial charge on any atom is -0.372 e. The Bertz CT molecular complexity index is 462. The maximum Gasteiger partial charge on any atom is 0.0755 e. The molecule has 2 aliphatic heterocycles. The number of ether oxygens (including phenoxy) is 1. The molecule has 21 heavy (non-hydrogen) atoms. The molecule has 116 valence electrons. The van der Waals surface area contributed by atoms with Gasteiger partial charge in [0.05, 0.1) is 12.2 Å². The second kappa shape index (κ2) is 6.80. The molecule has 3 atom stereocenters. The second-order valence-electron chi connectivity index (χ2n) is 6.43. The highest BCUT2D eigenvalue weighted by atomic mass is 16.5. The highest BCUT2D eigenvalue weighted by Gasteiger charge is 2.30. The van der Waals surface area contributed by atoms with Gasteiger partial charge in [-0.25, -0.2) is 0 Å². The second-order valence-corrected chi connectivity index (χ2v) is 6.43. The fraction of sp³-hybridized carbons (Fsp3) is 0.667. The highest BCUT2D eigenvalue weighted by Crippen LogP contribution is 2.32. The van der Waals surface area contributed by atoms with Crippen LogP contribution in [0, 0.1) is 0 Å². The quantitative estimate of drug-likeness (QED) is 0.901. The van der Waals surface area contributed by atoms with Crippen LogP contribution in [0.3, 0.4) is 0 Å². The lowest BCUT2D eigenvalue weighted by atomic mass is 9.96. The number of likely N-dealkylation sites (N-methyl/N-ethyl adjacent to an activating group) is 1. The molecule has 2 heterocycles. The van der Waals surface area contributed by atoms with E-state index in [1.165, 1.54) is 36.9 Å².